The molecule has 0 N–H and O–H groups in total. The summed E-state index contributed by atoms with van der Waals surface area (Å²) in [5.74, 6) is 1.94. The molecule has 3 aromatic carbocycles. The van der Waals surface area contributed by atoms with Gasteiger partial charge in [0.15, 0.2) is 16.6 Å². The van der Waals surface area contributed by atoms with Crippen LogP contribution < -0.4 is 19.3 Å². The van der Waals surface area contributed by atoms with E-state index in [4.69, 9.17) is 51.3 Å². The number of carbonyl (C=O) groups excluding carboxylic acids is 2. The first-order chi connectivity index (χ1) is 18.6. The third-order valence-corrected chi connectivity index (χ3v) is 7.71. The first kappa shape index (κ1) is 28.7. The zero-order valence-electron chi connectivity index (χ0n) is 21.1. The summed E-state index contributed by atoms with van der Waals surface area (Å²) in [7, 11) is 1.47. The number of thiocarbonyl (C=S) groups is 1. The maximum atomic E-state index is 13.9. The highest BCUT2D eigenvalue weighted by Gasteiger charge is 2.41. The highest BCUT2D eigenvalue weighted by Crippen LogP contribution is 2.38. The molecule has 0 radical (unpaired) electrons. The highest BCUT2D eigenvalue weighted by atomic mass is 79.9. The molecule has 0 spiro atoms. The smallest absolute Gasteiger partial charge is 0.270 e. The number of aryl methyl sites for hydroxylation is 2. The van der Waals surface area contributed by atoms with Crippen molar-refractivity contribution in [2.75, 3.05) is 23.5 Å². The number of methoxy groups -OCH3 is 1. The molecule has 1 saturated heterocycles. The second-order valence-corrected chi connectivity index (χ2v) is 10.5. The molecule has 1 fully saturated rings. The standard InChI is InChI=1S/C29H21BrCl2N2O4S/c1-5-10-38-26-22(30)12-18(13-25(26)37-4)11-21-27(35)33(19-8-6-16(2)23(31)14-19)29(39)34(28(21)36)20-9-7-17(3)24(32)15-20/h1,6-9,11-15H,10H2,2-4H3. The molecule has 3 aromatic rings. The van der Waals surface area contributed by atoms with Gasteiger partial charge in [0.2, 0.25) is 0 Å². The Morgan fingerprint density at radius 3 is 1.97 bits per heavy atom. The molecule has 6 nitrogen and oxygen atoms in total. The van der Waals surface area contributed by atoms with E-state index in [1.165, 1.54) is 23.0 Å². The molecule has 39 heavy (non-hydrogen) atoms. The van der Waals surface area contributed by atoms with Crippen LogP contribution in [0.25, 0.3) is 6.08 Å². The molecule has 2 amide bonds. The Morgan fingerprint density at radius 2 is 1.51 bits per heavy atom. The number of ether oxygens (including phenoxy) is 2. The maximum Gasteiger partial charge on any atom is 0.270 e. The Balaban J connectivity index is 1.89. The van der Waals surface area contributed by atoms with Crippen LogP contribution in [0.15, 0.2) is 58.6 Å². The summed E-state index contributed by atoms with van der Waals surface area (Å²) in [5, 5.41) is 0.872. The van der Waals surface area contributed by atoms with Gasteiger partial charge < -0.3 is 9.47 Å². The average molecular weight is 644 g/mol. The number of hydrogen-bond donors (Lipinski definition) is 0. The predicted octanol–water partition coefficient (Wildman–Crippen LogP) is 7.14. The summed E-state index contributed by atoms with van der Waals surface area (Å²) in [5.41, 5.74) is 2.85. The van der Waals surface area contributed by atoms with Crippen LogP contribution in [0.3, 0.4) is 0 Å². The Morgan fingerprint density at radius 1 is 0.974 bits per heavy atom. The Labute approximate surface area is 250 Å². The van der Waals surface area contributed by atoms with Crippen LogP contribution in [0, 0.1) is 26.2 Å². The van der Waals surface area contributed by atoms with Gasteiger partial charge in [-0.1, -0.05) is 41.3 Å². The van der Waals surface area contributed by atoms with Crippen LogP contribution in [-0.2, 0) is 9.59 Å². The van der Waals surface area contributed by atoms with E-state index < -0.39 is 11.8 Å². The van der Waals surface area contributed by atoms with Crippen LogP contribution in [-0.4, -0.2) is 30.6 Å². The molecule has 10 heteroatoms. The molecule has 0 aliphatic carbocycles. The number of terminal acetylenes is 1. The van der Waals surface area contributed by atoms with Gasteiger partial charge in [0.25, 0.3) is 11.8 Å². The van der Waals surface area contributed by atoms with Crippen molar-refractivity contribution in [2.24, 2.45) is 0 Å². The Bertz CT molecular complexity index is 1520. The lowest BCUT2D eigenvalue weighted by Gasteiger charge is -2.36. The zero-order chi connectivity index (χ0) is 28.4. The summed E-state index contributed by atoms with van der Waals surface area (Å²) < 4.78 is 11.6. The first-order valence-corrected chi connectivity index (χ1v) is 13.4. The molecule has 1 heterocycles. The molecule has 4 rings (SSSR count). The summed E-state index contributed by atoms with van der Waals surface area (Å²) in [6.07, 6.45) is 6.79. The van der Waals surface area contributed by atoms with E-state index in [0.717, 1.165) is 11.1 Å². The number of hydrogen-bond acceptors (Lipinski definition) is 5. The number of carbonyl (C=O) groups is 2. The van der Waals surface area contributed by atoms with E-state index in [2.05, 4.69) is 21.9 Å². The van der Waals surface area contributed by atoms with Crippen molar-refractivity contribution in [1.82, 2.24) is 0 Å². The van der Waals surface area contributed by atoms with Crippen molar-refractivity contribution in [3.05, 3.63) is 85.3 Å². The maximum absolute atomic E-state index is 13.9. The molecule has 198 valence electrons. The number of amides is 2. The average Bonchev–Trinajstić information content (AvgIpc) is 2.89. The molecular formula is C29H21BrCl2N2O4S. The van der Waals surface area contributed by atoms with Crippen molar-refractivity contribution in [3.8, 4) is 23.8 Å². The third-order valence-electron chi connectivity index (χ3n) is 5.94. The lowest BCUT2D eigenvalue weighted by molar-refractivity contribution is -0.120. The normalized spacial score (nSPS) is 13.5. The van der Waals surface area contributed by atoms with Crippen molar-refractivity contribution in [3.63, 3.8) is 0 Å². The fourth-order valence-electron chi connectivity index (χ4n) is 3.87. The van der Waals surface area contributed by atoms with E-state index in [0.29, 0.717) is 43.0 Å². The SMILES string of the molecule is C#CCOc1c(Br)cc(C=C2C(=O)N(c3ccc(C)c(Cl)c3)C(=S)N(c3ccc(C)c(Cl)c3)C2=O)cc1OC. The van der Waals surface area contributed by atoms with E-state index >= 15 is 0 Å². The molecule has 0 bridgehead atoms. The van der Waals surface area contributed by atoms with Crippen LogP contribution in [0.2, 0.25) is 10.0 Å². The minimum atomic E-state index is -0.609. The van der Waals surface area contributed by atoms with Crippen molar-refractivity contribution in [1.29, 1.82) is 0 Å². The van der Waals surface area contributed by atoms with Gasteiger partial charge in [-0.3, -0.25) is 19.4 Å². The highest BCUT2D eigenvalue weighted by molar-refractivity contribution is 9.10. The minimum Gasteiger partial charge on any atom is -0.493 e. The van der Waals surface area contributed by atoms with Gasteiger partial charge in [0.1, 0.15) is 12.2 Å². The van der Waals surface area contributed by atoms with E-state index in [1.54, 1.807) is 48.5 Å². The molecule has 0 aromatic heterocycles. The molecule has 1 aliphatic heterocycles. The van der Waals surface area contributed by atoms with E-state index in [1.807, 2.05) is 13.8 Å². The summed E-state index contributed by atoms with van der Waals surface area (Å²) in [6.45, 7) is 3.73. The summed E-state index contributed by atoms with van der Waals surface area (Å²) >= 11 is 21.9. The summed E-state index contributed by atoms with van der Waals surface area (Å²) in [6, 6.07) is 13.6. The van der Waals surface area contributed by atoms with E-state index in [9.17, 15) is 9.59 Å². The molecule has 0 unspecified atom stereocenters. The van der Waals surface area contributed by atoms with Crippen LogP contribution >= 0.6 is 51.3 Å². The van der Waals surface area contributed by atoms with Crippen LogP contribution in [0.1, 0.15) is 16.7 Å². The zero-order valence-corrected chi connectivity index (χ0v) is 25.0. The van der Waals surface area contributed by atoms with Gasteiger partial charge in [0.05, 0.1) is 23.0 Å². The lowest BCUT2D eigenvalue weighted by Crippen LogP contribution is -2.57. The number of halogens is 3. The Hall–Kier alpha value is -3.35. The topological polar surface area (TPSA) is 59.1 Å². The van der Waals surface area contributed by atoms with E-state index in [-0.39, 0.29) is 17.3 Å². The van der Waals surface area contributed by atoms with Gasteiger partial charge >= 0.3 is 0 Å². The monoisotopic (exact) mass is 642 g/mol. The van der Waals surface area contributed by atoms with Crippen molar-refractivity contribution >= 4 is 85.7 Å². The fourth-order valence-corrected chi connectivity index (χ4v) is 5.17. The summed E-state index contributed by atoms with van der Waals surface area (Å²) in [4.78, 5) is 30.3. The predicted molar refractivity (Wildman–Crippen MR) is 163 cm³/mol. The molecular weight excluding hydrogens is 623 g/mol. The number of rotatable bonds is 6. The van der Waals surface area contributed by atoms with Gasteiger partial charge in [-0.25, -0.2) is 0 Å². The van der Waals surface area contributed by atoms with Crippen molar-refractivity contribution in [2.45, 2.75) is 13.8 Å². The third kappa shape index (κ3) is 5.68. The second kappa shape index (κ2) is 11.8. The lowest BCUT2D eigenvalue weighted by atomic mass is 10.0. The number of benzene rings is 3. The van der Waals surface area contributed by atoms with Crippen LogP contribution in [0.5, 0.6) is 11.5 Å². The van der Waals surface area contributed by atoms with Gasteiger partial charge in [0, 0.05) is 10.0 Å². The number of nitrogens with zero attached hydrogens (tertiary/aromatic N) is 2. The van der Waals surface area contributed by atoms with Crippen LogP contribution in [0.4, 0.5) is 11.4 Å². The van der Waals surface area contributed by atoms with Gasteiger partial charge in [-0.15, -0.1) is 6.42 Å². The fraction of sp³-hybridized carbons (Fsp3) is 0.138. The molecule has 0 saturated carbocycles. The largest absolute Gasteiger partial charge is 0.493 e. The second-order valence-electron chi connectivity index (χ2n) is 8.52. The quantitative estimate of drug-likeness (QED) is 0.124. The number of anilines is 2. The molecule has 0 atom stereocenters. The van der Waals surface area contributed by atoms with Gasteiger partial charge in [-0.05, 0) is 101 Å². The van der Waals surface area contributed by atoms with Crippen molar-refractivity contribution < 1.29 is 19.1 Å². The molecule has 1 aliphatic rings. The minimum absolute atomic E-state index is 0.0289. The van der Waals surface area contributed by atoms with Gasteiger partial charge in [-0.2, -0.15) is 0 Å². The first-order valence-electron chi connectivity index (χ1n) is 11.5. The Kier molecular flexibility index (Phi) is 8.67.